The molecule has 0 unspecified atom stereocenters. The van der Waals surface area contributed by atoms with Crippen LogP contribution in [0.3, 0.4) is 0 Å². The highest BCUT2D eigenvalue weighted by Crippen LogP contribution is 2.45. The lowest BCUT2D eigenvalue weighted by Crippen LogP contribution is -2.53. The number of piperidine rings is 1. The zero-order chi connectivity index (χ0) is 20.9. The molecule has 0 aromatic heterocycles. The highest BCUT2D eigenvalue weighted by Gasteiger charge is 2.42. The van der Waals surface area contributed by atoms with Gasteiger partial charge in [-0.05, 0) is 50.8 Å². The zero-order valence-corrected chi connectivity index (χ0v) is 17.6. The second-order valence-electron chi connectivity index (χ2n) is 9.43. The van der Waals surface area contributed by atoms with Gasteiger partial charge in [0.25, 0.3) is 0 Å². The Balaban J connectivity index is 1.59. The van der Waals surface area contributed by atoms with Gasteiger partial charge in [0.05, 0.1) is 24.9 Å². The molecule has 1 aromatic carbocycles. The fourth-order valence-electron chi connectivity index (χ4n) is 4.65. The molecule has 0 spiro atoms. The Bertz CT molecular complexity index is 760. The van der Waals surface area contributed by atoms with Gasteiger partial charge in [0.2, 0.25) is 0 Å². The minimum atomic E-state index is -0.868. The van der Waals surface area contributed by atoms with Crippen molar-refractivity contribution in [1.29, 1.82) is 0 Å². The number of alkyl halides is 1. The number of benzene rings is 1. The number of aliphatic hydroxyl groups excluding tert-OH is 1. The minimum Gasteiger partial charge on any atom is -0.493 e. The topological polar surface area (TPSA) is 51.2 Å². The molecule has 1 saturated carbocycles. The van der Waals surface area contributed by atoms with Gasteiger partial charge in [-0.2, -0.15) is 0 Å². The predicted molar refractivity (Wildman–Crippen MR) is 105 cm³/mol. The first kappa shape index (κ1) is 20.8. The Morgan fingerprint density at radius 1 is 1.21 bits per heavy atom. The standard InChI is InChI=1S/C22H31F2NO4/c1-22(2,3)29-19-11-25-6-5-14-15(16(25)10-17(19)26)9-18(27-4)21(20(14)24)28-13-7-12(23)8-13/h9,12-13,16-17,19,26H,5-8,10-11H2,1-4H3/t12?,13?,16-,17-,19-/m1/s1. The highest BCUT2D eigenvalue weighted by molar-refractivity contribution is 5.51. The fraction of sp³-hybridized carbons (Fsp3) is 0.727. The largest absolute Gasteiger partial charge is 0.493 e. The van der Waals surface area contributed by atoms with Crippen molar-refractivity contribution in [3.63, 3.8) is 0 Å². The second kappa shape index (κ2) is 7.67. The molecule has 1 N–H and O–H groups in total. The van der Waals surface area contributed by atoms with Gasteiger partial charge in [-0.25, -0.2) is 8.78 Å². The van der Waals surface area contributed by atoms with E-state index in [1.54, 1.807) is 0 Å². The Kier molecular flexibility index (Phi) is 5.51. The van der Waals surface area contributed by atoms with Crippen LogP contribution in [0.15, 0.2) is 6.07 Å². The van der Waals surface area contributed by atoms with E-state index in [9.17, 15) is 9.50 Å². The van der Waals surface area contributed by atoms with E-state index in [2.05, 4.69) is 4.90 Å². The average molecular weight is 411 g/mol. The van der Waals surface area contributed by atoms with Crippen LogP contribution < -0.4 is 9.47 Å². The van der Waals surface area contributed by atoms with Crippen LogP contribution in [0.25, 0.3) is 0 Å². The summed E-state index contributed by atoms with van der Waals surface area (Å²) in [5.41, 5.74) is 1.11. The maximum Gasteiger partial charge on any atom is 0.197 e. The summed E-state index contributed by atoms with van der Waals surface area (Å²) < 4.78 is 45.7. The van der Waals surface area contributed by atoms with Crippen LogP contribution in [0, 0.1) is 5.82 Å². The van der Waals surface area contributed by atoms with E-state index in [1.165, 1.54) is 7.11 Å². The quantitative estimate of drug-likeness (QED) is 0.821. The maximum atomic E-state index is 15.4. The summed E-state index contributed by atoms with van der Waals surface area (Å²) in [5, 5.41) is 10.7. The van der Waals surface area contributed by atoms with E-state index in [0.717, 1.165) is 5.56 Å². The molecule has 0 bridgehead atoms. The van der Waals surface area contributed by atoms with Gasteiger partial charge in [-0.1, -0.05) is 0 Å². The molecule has 29 heavy (non-hydrogen) atoms. The number of nitrogens with zero attached hydrogens (tertiary/aromatic N) is 1. The lowest BCUT2D eigenvalue weighted by Gasteiger charge is -2.47. The summed E-state index contributed by atoms with van der Waals surface area (Å²) in [4.78, 5) is 2.25. The van der Waals surface area contributed by atoms with Gasteiger partial charge < -0.3 is 19.3 Å². The molecule has 3 aliphatic rings. The molecule has 4 rings (SSSR count). The first-order valence-electron chi connectivity index (χ1n) is 10.5. The number of rotatable bonds is 4. The normalized spacial score (nSPS) is 32.2. The van der Waals surface area contributed by atoms with Crippen molar-refractivity contribution < 1.29 is 28.1 Å². The molecule has 2 heterocycles. The second-order valence-corrected chi connectivity index (χ2v) is 9.43. The van der Waals surface area contributed by atoms with E-state index in [1.807, 2.05) is 26.8 Å². The number of ether oxygens (including phenoxy) is 3. The van der Waals surface area contributed by atoms with Crippen molar-refractivity contribution in [2.75, 3.05) is 20.2 Å². The summed E-state index contributed by atoms with van der Waals surface area (Å²) in [6.45, 7) is 7.22. The van der Waals surface area contributed by atoms with Crippen LogP contribution >= 0.6 is 0 Å². The Labute approximate surface area is 170 Å². The van der Waals surface area contributed by atoms with Crippen LogP contribution in [0.2, 0.25) is 0 Å². The first-order chi connectivity index (χ1) is 13.7. The van der Waals surface area contributed by atoms with Crippen molar-refractivity contribution in [2.24, 2.45) is 0 Å². The van der Waals surface area contributed by atoms with Crippen LogP contribution in [-0.4, -0.2) is 60.3 Å². The fourth-order valence-corrected chi connectivity index (χ4v) is 4.65. The number of fused-ring (bicyclic) bond motifs is 3. The molecule has 1 aliphatic carbocycles. The van der Waals surface area contributed by atoms with E-state index in [0.29, 0.717) is 37.2 Å². The SMILES string of the molecule is COc1cc2c(c(F)c1OC1CC(F)C1)CCN1C[C@@H](OC(C)(C)C)[C@H](O)C[C@H]21. The first-order valence-corrected chi connectivity index (χ1v) is 10.5. The molecule has 7 heteroatoms. The van der Waals surface area contributed by atoms with Crippen LogP contribution in [0.5, 0.6) is 11.5 Å². The zero-order valence-electron chi connectivity index (χ0n) is 17.6. The van der Waals surface area contributed by atoms with E-state index in [4.69, 9.17) is 14.2 Å². The molecule has 1 saturated heterocycles. The summed E-state index contributed by atoms with van der Waals surface area (Å²) >= 11 is 0. The number of methoxy groups -OCH3 is 1. The van der Waals surface area contributed by atoms with Crippen molar-refractivity contribution in [2.45, 2.75) is 82.6 Å². The van der Waals surface area contributed by atoms with Crippen LogP contribution in [0.1, 0.15) is 57.2 Å². The lowest BCUT2D eigenvalue weighted by atomic mass is 9.84. The van der Waals surface area contributed by atoms with Gasteiger partial charge in [0, 0.05) is 32.0 Å². The monoisotopic (exact) mass is 411 g/mol. The Hall–Kier alpha value is -1.44. The maximum absolute atomic E-state index is 15.4. The molecular weight excluding hydrogens is 380 g/mol. The van der Waals surface area contributed by atoms with Gasteiger partial charge in [-0.3, -0.25) is 4.90 Å². The third-order valence-electron chi connectivity index (χ3n) is 6.13. The molecular formula is C22H31F2NO4. The van der Waals surface area contributed by atoms with Crippen molar-refractivity contribution in [3.8, 4) is 11.5 Å². The summed E-state index contributed by atoms with van der Waals surface area (Å²) in [6, 6.07) is 1.73. The highest BCUT2D eigenvalue weighted by atomic mass is 19.1. The van der Waals surface area contributed by atoms with Crippen molar-refractivity contribution >= 4 is 0 Å². The Morgan fingerprint density at radius 2 is 1.93 bits per heavy atom. The van der Waals surface area contributed by atoms with Gasteiger partial charge in [0.1, 0.15) is 12.3 Å². The molecule has 0 radical (unpaired) electrons. The molecule has 2 aliphatic heterocycles. The van der Waals surface area contributed by atoms with Crippen LogP contribution in [-0.2, 0) is 11.2 Å². The average Bonchev–Trinajstić information content (AvgIpc) is 2.61. The molecule has 162 valence electrons. The van der Waals surface area contributed by atoms with Gasteiger partial charge in [-0.15, -0.1) is 0 Å². The summed E-state index contributed by atoms with van der Waals surface area (Å²) in [5.74, 6) is -0.00118. The summed E-state index contributed by atoms with van der Waals surface area (Å²) in [7, 11) is 1.48. The van der Waals surface area contributed by atoms with Gasteiger partial charge >= 0.3 is 0 Å². The number of aliphatic hydroxyl groups is 1. The smallest absolute Gasteiger partial charge is 0.197 e. The molecule has 2 fully saturated rings. The van der Waals surface area contributed by atoms with E-state index >= 15 is 4.39 Å². The third-order valence-corrected chi connectivity index (χ3v) is 6.13. The summed E-state index contributed by atoms with van der Waals surface area (Å²) in [6.07, 6.45) is -0.465. The molecule has 5 nitrogen and oxygen atoms in total. The van der Waals surface area contributed by atoms with E-state index < -0.39 is 18.1 Å². The van der Waals surface area contributed by atoms with Gasteiger partial charge in [0.15, 0.2) is 17.3 Å². The van der Waals surface area contributed by atoms with Crippen molar-refractivity contribution in [3.05, 3.63) is 23.0 Å². The molecule has 3 atom stereocenters. The number of halogens is 2. The van der Waals surface area contributed by atoms with E-state index in [-0.39, 0.29) is 42.4 Å². The van der Waals surface area contributed by atoms with Crippen LogP contribution in [0.4, 0.5) is 8.78 Å². The third kappa shape index (κ3) is 4.09. The minimum absolute atomic E-state index is 0.0851. The Morgan fingerprint density at radius 3 is 2.55 bits per heavy atom. The lowest BCUT2D eigenvalue weighted by molar-refractivity contribution is -0.149. The number of hydrogen-bond acceptors (Lipinski definition) is 5. The molecule has 1 aromatic rings. The number of hydrogen-bond donors (Lipinski definition) is 1. The molecule has 0 amide bonds. The predicted octanol–water partition coefficient (Wildman–Crippen LogP) is 3.56. The van der Waals surface area contributed by atoms with Crippen molar-refractivity contribution in [1.82, 2.24) is 4.90 Å².